The topological polar surface area (TPSA) is 53.2 Å². The molecule has 1 aromatic rings. The normalized spacial score (nSPS) is 10.7. The van der Waals surface area contributed by atoms with Crippen LogP contribution in [0.3, 0.4) is 0 Å². The smallest absolute Gasteiger partial charge is 0.239 e. The van der Waals surface area contributed by atoms with Crippen molar-refractivity contribution in [1.29, 1.82) is 0 Å². The third-order valence-electron chi connectivity index (χ3n) is 2.03. The molecule has 6 heteroatoms. The lowest BCUT2D eigenvalue weighted by Crippen LogP contribution is -2.46. The Morgan fingerprint density at radius 1 is 1.26 bits per heavy atom. The van der Waals surface area contributed by atoms with E-state index in [1.807, 2.05) is 32.9 Å². The molecule has 1 amide bonds. The first kappa shape index (κ1) is 15.7. The average Bonchev–Trinajstić information content (AvgIpc) is 2.27. The van der Waals surface area contributed by atoms with Crippen LogP contribution in [0.2, 0.25) is 5.02 Å². The lowest BCUT2D eigenvalue weighted by atomic mass is 10.1. The largest absolute Gasteiger partial charge is 0.353 e. The van der Waals surface area contributed by atoms with E-state index in [2.05, 4.69) is 16.0 Å². The fraction of sp³-hybridized carbons (Fsp3) is 0.385. The summed E-state index contributed by atoms with van der Waals surface area (Å²) in [6.45, 7) is 5.91. The SMILES string of the molecule is CC(C)(C)NC(=O)CNC(=S)Nc1ccc(Cl)cc1. The van der Waals surface area contributed by atoms with Crippen LogP contribution in [0.25, 0.3) is 0 Å². The second-order valence-corrected chi connectivity index (χ2v) is 5.96. The van der Waals surface area contributed by atoms with E-state index >= 15 is 0 Å². The van der Waals surface area contributed by atoms with Crippen LogP contribution in [0.15, 0.2) is 24.3 Å². The number of anilines is 1. The molecule has 0 saturated heterocycles. The van der Waals surface area contributed by atoms with Crippen molar-refractivity contribution < 1.29 is 4.79 Å². The molecule has 0 aliphatic carbocycles. The van der Waals surface area contributed by atoms with Gasteiger partial charge < -0.3 is 16.0 Å². The van der Waals surface area contributed by atoms with E-state index in [-0.39, 0.29) is 18.0 Å². The van der Waals surface area contributed by atoms with E-state index in [0.717, 1.165) is 5.69 Å². The summed E-state index contributed by atoms with van der Waals surface area (Å²) in [6.07, 6.45) is 0. The van der Waals surface area contributed by atoms with Crippen LogP contribution in [0.4, 0.5) is 5.69 Å². The molecule has 0 atom stereocenters. The third-order valence-corrected chi connectivity index (χ3v) is 2.52. The molecule has 1 aromatic carbocycles. The summed E-state index contributed by atoms with van der Waals surface area (Å²) < 4.78 is 0. The van der Waals surface area contributed by atoms with Crippen LogP contribution in [-0.4, -0.2) is 23.1 Å². The second-order valence-electron chi connectivity index (χ2n) is 5.11. The molecule has 0 aliphatic rings. The zero-order chi connectivity index (χ0) is 14.5. The lowest BCUT2D eigenvalue weighted by molar-refractivity contribution is -0.121. The van der Waals surface area contributed by atoms with Crippen LogP contribution in [-0.2, 0) is 4.79 Å². The van der Waals surface area contributed by atoms with Crippen LogP contribution < -0.4 is 16.0 Å². The van der Waals surface area contributed by atoms with Crippen molar-refractivity contribution in [2.45, 2.75) is 26.3 Å². The van der Waals surface area contributed by atoms with Crippen molar-refractivity contribution >= 4 is 40.5 Å². The van der Waals surface area contributed by atoms with Gasteiger partial charge in [-0.2, -0.15) is 0 Å². The standard InChI is InChI=1S/C13H18ClN3OS/c1-13(2,3)17-11(18)8-15-12(19)16-10-6-4-9(14)5-7-10/h4-7H,8H2,1-3H3,(H,17,18)(H2,15,16,19). The van der Waals surface area contributed by atoms with E-state index in [0.29, 0.717) is 10.1 Å². The van der Waals surface area contributed by atoms with Gasteiger partial charge in [0.25, 0.3) is 0 Å². The van der Waals surface area contributed by atoms with Gasteiger partial charge in [-0.3, -0.25) is 4.79 Å². The number of amides is 1. The average molecular weight is 300 g/mol. The van der Waals surface area contributed by atoms with Crippen LogP contribution in [0.5, 0.6) is 0 Å². The Morgan fingerprint density at radius 3 is 2.37 bits per heavy atom. The molecule has 0 aliphatic heterocycles. The fourth-order valence-corrected chi connectivity index (χ4v) is 1.65. The molecule has 1 rings (SSSR count). The molecule has 3 N–H and O–H groups in total. The number of carbonyl (C=O) groups excluding carboxylic acids is 1. The molecule has 0 heterocycles. The fourth-order valence-electron chi connectivity index (χ4n) is 1.33. The first-order chi connectivity index (χ1) is 8.76. The minimum atomic E-state index is -0.246. The van der Waals surface area contributed by atoms with Crippen LogP contribution >= 0.6 is 23.8 Å². The molecular formula is C13H18ClN3OS. The van der Waals surface area contributed by atoms with Gasteiger partial charge in [0.15, 0.2) is 5.11 Å². The molecular weight excluding hydrogens is 282 g/mol. The number of halogens is 1. The summed E-state index contributed by atoms with van der Waals surface area (Å²) in [5.41, 5.74) is 0.572. The van der Waals surface area contributed by atoms with Gasteiger partial charge in [0.05, 0.1) is 6.54 Å². The highest BCUT2D eigenvalue weighted by Gasteiger charge is 2.13. The molecule has 104 valence electrons. The molecule has 0 aromatic heterocycles. The van der Waals surface area contributed by atoms with Crippen molar-refractivity contribution in [2.75, 3.05) is 11.9 Å². The maximum atomic E-state index is 11.6. The quantitative estimate of drug-likeness (QED) is 0.751. The van der Waals surface area contributed by atoms with Crippen molar-refractivity contribution in [1.82, 2.24) is 10.6 Å². The Kier molecular flexibility index (Phi) is 5.57. The summed E-state index contributed by atoms with van der Waals surface area (Å²) in [5.74, 6) is -0.104. The number of benzene rings is 1. The minimum Gasteiger partial charge on any atom is -0.353 e. The Labute approximate surface area is 123 Å². The lowest BCUT2D eigenvalue weighted by Gasteiger charge is -2.21. The summed E-state index contributed by atoms with van der Waals surface area (Å²) >= 11 is 10.9. The van der Waals surface area contributed by atoms with Crippen molar-refractivity contribution in [3.8, 4) is 0 Å². The van der Waals surface area contributed by atoms with E-state index in [1.165, 1.54) is 0 Å². The Hall–Kier alpha value is -1.33. The molecule has 19 heavy (non-hydrogen) atoms. The van der Waals surface area contributed by atoms with Crippen molar-refractivity contribution in [2.24, 2.45) is 0 Å². The highest BCUT2D eigenvalue weighted by molar-refractivity contribution is 7.80. The van der Waals surface area contributed by atoms with E-state index < -0.39 is 0 Å². The Morgan fingerprint density at radius 2 is 1.84 bits per heavy atom. The zero-order valence-corrected chi connectivity index (χ0v) is 12.8. The summed E-state index contributed by atoms with van der Waals surface area (Å²) in [6, 6.07) is 7.15. The molecule has 0 spiro atoms. The molecule has 0 fully saturated rings. The van der Waals surface area contributed by atoms with Gasteiger partial charge in [-0.25, -0.2) is 0 Å². The minimum absolute atomic E-state index is 0.104. The third kappa shape index (κ3) is 6.98. The van der Waals surface area contributed by atoms with Gasteiger partial charge >= 0.3 is 0 Å². The molecule has 0 bridgehead atoms. The van der Waals surface area contributed by atoms with Crippen molar-refractivity contribution in [3.63, 3.8) is 0 Å². The molecule has 0 unspecified atom stereocenters. The first-order valence-electron chi connectivity index (χ1n) is 5.88. The predicted octanol–water partition coefficient (Wildman–Crippen LogP) is 2.54. The predicted molar refractivity (Wildman–Crippen MR) is 83.6 cm³/mol. The highest BCUT2D eigenvalue weighted by atomic mass is 35.5. The van der Waals surface area contributed by atoms with Gasteiger partial charge in [-0.15, -0.1) is 0 Å². The zero-order valence-electron chi connectivity index (χ0n) is 11.2. The van der Waals surface area contributed by atoms with Gasteiger partial charge in [0, 0.05) is 16.2 Å². The van der Waals surface area contributed by atoms with Gasteiger partial charge in [-0.05, 0) is 57.3 Å². The Balaban J connectivity index is 2.36. The maximum Gasteiger partial charge on any atom is 0.239 e. The van der Waals surface area contributed by atoms with Gasteiger partial charge in [0.1, 0.15) is 0 Å². The van der Waals surface area contributed by atoms with Crippen LogP contribution in [0.1, 0.15) is 20.8 Å². The van der Waals surface area contributed by atoms with E-state index in [9.17, 15) is 4.79 Å². The number of thiocarbonyl (C=S) groups is 1. The molecule has 0 radical (unpaired) electrons. The second kappa shape index (κ2) is 6.73. The van der Waals surface area contributed by atoms with Gasteiger partial charge in [-0.1, -0.05) is 11.6 Å². The molecule has 4 nitrogen and oxygen atoms in total. The number of carbonyl (C=O) groups is 1. The first-order valence-corrected chi connectivity index (χ1v) is 6.66. The highest BCUT2D eigenvalue weighted by Crippen LogP contribution is 2.12. The maximum absolute atomic E-state index is 11.6. The monoisotopic (exact) mass is 299 g/mol. The van der Waals surface area contributed by atoms with Crippen LogP contribution in [0, 0.1) is 0 Å². The van der Waals surface area contributed by atoms with Crippen molar-refractivity contribution in [3.05, 3.63) is 29.3 Å². The summed E-state index contributed by atoms with van der Waals surface area (Å²) in [7, 11) is 0. The number of rotatable bonds is 3. The van der Waals surface area contributed by atoms with Gasteiger partial charge in [0.2, 0.25) is 5.91 Å². The Bertz CT molecular complexity index is 454. The summed E-state index contributed by atoms with van der Waals surface area (Å²) in [5, 5.41) is 9.71. The number of hydrogen-bond acceptors (Lipinski definition) is 2. The molecule has 0 saturated carbocycles. The van der Waals surface area contributed by atoms with E-state index in [1.54, 1.807) is 12.1 Å². The number of hydrogen-bond donors (Lipinski definition) is 3. The number of nitrogens with one attached hydrogen (secondary N) is 3. The van der Waals surface area contributed by atoms with E-state index in [4.69, 9.17) is 23.8 Å². The summed E-state index contributed by atoms with van der Waals surface area (Å²) in [4.78, 5) is 11.6.